The average molecular weight is 466 g/mol. The lowest BCUT2D eigenvalue weighted by molar-refractivity contribution is 0.0963. The van der Waals surface area contributed by atoms with Crippen LogP contribution in [0.25, 0.3) is 33.2 Å². The molecule has 174 valence electrons. The van der Waals surface area contributed by atoms with Gasteiger partial charge in [-0.2, -0.15) is 5.10 Å². The number of aromatic amines is 2. The van der Waals surface area contributed by atoms with Gasteiger partial charge in [-0.1, -0.05) is 12.1 Å². The van der Waals surface area contributed by atoms with Crippen LogP contribution in [0.5, 0.6) is 0 Å². The normalized spacial score (nSPS) is 12.3. The second kappa shape index (κ2) is 9.02. The molecule has 0 aliphatic carbocycles. The number of anilines is 2. The third-order valence-corrected chi connectivity index (χ3v) is 5.31. The van der Waals surface area contributed by atoms with Gasteiger partial charge in [-0.25, -0.2) is 9.97 Å². The van der Waals surface area contributed by atoms with E-state index in [0.717, 1.165) is 33.1 Å². The van der Waals surface area contributed by atoms with Crippen molar-refractivity contribution in [2.75, 3.05) is 5.32 Å². The van der Waals surface area contributed by atoms with Gasteiger partial charge in [0.2, 0.25) is 0 Å². The number of carbonyl (C=O) groups excluding carboxylic acids is 1. The molecule has 5 aromatic rings. The van der Waals surface area contributed by atoms with Crippen molar-refractivity contribution in [2.45, 2.75) is 6.92 Å². The van der Waals surface area contributed by atoms with E-state index in [1.807, 2.05) is 36.4 Å². The highest BCUT2D eigenvalue weighted by Gasteiger charge is 2.12. The number of allylic oxidation sites excluding steroid dienone is 2. The van der Waals surface area contributed by atoms with Crippen LogP contribution in [0.1, 0.15) is 17.4 Å². The van der Waals surface area contributed by atoms with E-state index >= 15 is 0 Å². The summed E-state index contributed by atoms with van der Waals surface area (Å²) in [6, 6.07) is 15.2. The van der Waals surface area contributed by atoms with Crippen LogP contribution in [0.2, 0.25) is 0 Å². The van der Waals surface area contributed by atoms with Crippen LogP contribution in [-0.4, -0.2) is 31.1 Å². The van der Waals surface area contributed by atoms with Gasteiger partial charge in [-0.15, -0.1) is 0 Å². The minimum absolute atomic E-state index is 0.325. The third-order valence-electron chi connectivity index (χ3n) is 5.31. The molecule has 2 aromatic carbocycles. The van der Waals surface area contributed by atoms with E-state index in [9.17, 15) is 4.79 Å². The molecular weight excluding hydrogens is 442 g/mol. The SMILES string of the molecule is C/C(N)=C/C(=C\N)NC(=O)c1cc2ccc(-c3nccc(Nc4ccc5[nH]ncc5c4)n3)cc2[nH]1. The van der Waals surface area contributed by atoms with Crippen LogP contribution < -0.4 is 22.1 Å². The molecule has 0 bridgehead atoms. The number of aromatic nitrogens is 5. The summed E-state index contributed by atoms with van der Waals surface area (Å²) < 4.78 is 0. The Morgan fingerprint density at radius 2 is 1.94 bits per heavy atom. The number of hydrogen-bond donors (Lipinski definition) is 6. The van der Waals surface area contributed by atoms with E-state index in [4.69, 9.17) is 11.5 Å². The number of carbonyl (C=O) groups is 1. The number of nitrogens with zero attached hydrogens (tertiary/aromatic N) is 3. The first-order valence-corrected chi connectivity index (χ1v) is 10.8. The highest BCUT2D eigenvalue weighted by molar-refractivity contribution is 5.99. The van der Waals surface area contributed by atoms with Gasteiger partial charge in [0.15, 0.2) is 5.82 Å². The van der Waals surface area contributed by atoms with Crippen molar-refractivity contribution in [3.63, 3.8) is 0 Å². The van der Waals surface area contributed by atoms with Gasteiger partial charge in [0, 0.05) is 45.6 Å². The van der Waals surface area contributed by atoms with Crippen molar-refractivity contribution < 1.29 is 4.79 Å². The Bertz CT molecular complexity index is 1610. The van der Waals surface area contributed by atoms with Gasteiger partial charge in [-0.05, 0) is 49.4 Å². The van der Waals surface area contributed by atoms with Crippen LogP contribution in [0.4, 0.5) is 11.5 Å². The number of fused-ring (bicyclic) bond motifs is 2. The average Bonchev–Trinajstić information content (AvgIpc) is 3.49. The molecule has 5 rings (SSSR count). The molecule has 8 N–H and O–H groups in total. The zero-order valence-corrected chi connectivity index (χ0v) is 18.8. The predicted molar refractivity (Wildman–Crippen MR) is 136 cm³/mol. The summed E-state index contributed by atoms with van der Waals surface area (Å²) in [5, 5.41) is 14.9. The number of amides is 1. The van der Waals surface area contributed by atoms with Gasteiger partial charge in [0.25, 0.3) is 5.91 Å². The molecule has 35 heavy (non-hydrogen) atoms. The summed E-state index contributed by atoms with van der Waals surface area (Å²) >= 11 is 0. The molecule has 0 atom stereocenters. The first-order chi connectivity index (χ1) is 17.0. The molecule has 1 amide bonds. The number of benzene rings is 2. The van der Waals surface area contributed by atoms with E-state index in [1.165, 1.54) is 6.20 Å². The number of nitrogens with one attached hydrogen (secondary N) is 4. The fraction of sp³-hybridized carbons (Fsp3) is 0.0400. The maximum absolute atomic E-state index is 12.7. The standard InChI is InChI=1S/C25H23N9O/c1-14(27)8-19(12-26)31-25(35)22-10-15-2-3-16(11-21(15)32-22)24-28-7-6-23(33-24)30-18-4-5-20-17(9-18)13-29-34-20/h2-13,32H,26-27H2,1H3,(H,29,34)(H,31,35)(H,28,30,33)/b14-8-,19-12+. The maximum atomic E-state index is 12.7. The molecule has 0 aliphatic heterocycles. The van der Waals surface area contributed by atoms with Crippen LogP contribution in [0.15, 0.2) is 84.6 Å². The molecule has 3 heterocycles. The van der Waals surface area contributed by atoms with Crippen molar-refractivity contribution in [3.8, 4) is 11.4 Å². The van der Waals surface area contributed by atoms with Crippen molar-refractivity contribution in [1.29, 1.82) is 0 Å². The van der Waals surface area contributed by atoms with E-state index in [2.05, 4.69) is 35.8 Å². The number of rotatable bonds is 6. The Labute approximate surface area is 200 Å². The fourth-order valence-electron chi connectivity index (χ4n) is 3.69. The van der Waals surface area contributed by atoms with Crippen molar-refractivity contribution in [2.24, 2.45) is 11.5 Å². The summed E-state index contributed by atoms with van der Waals surface area (Å²) in [4.78, 5) is 24.9. The highest BCUT2D eigenvalue weighted by atomic mass is 16.1. The van der Waals surface area contributed by atoms with Gasteiger partial charge >= 0.3 is 0 Å². The zero-order chi connectivity index (χ0) is 24.4. The van der Waals surface area contributed by atoms with Crippen molar-refractivity contribution in [1.82, 2.24) is 30.5 Å². The summed E-state index contributed by atoms with van der Waals surface area (Å²) in [7, 11) is 0. The van der Waals surface area contributed by atoms with E-state index in [-0.39, 0.29) is 5.91 Å². The summed E-state index contributed by atoms with van der Waals surface area (Å²) in [6.45, 7) is 1.71. The number of H-pyrrole nitrogens is 2. The molecule has 0 unspecified atom stereocenters. The number of hydrogen-bond acceptors (Lipinski definition) is 7. The van der Waals surface area contributed by atoms with E-state index in [1.54, 1.807) is 37.5 Å². The van der Waals surface area contributed by atoms with Gasteiger partial charge in [-0.3, -0.25) is 9.89 Å². The van der Waals surface area contributed by atoms with Gasteiger partial charge in [0.05, 0.1) is 17.4 Å². The minimum Gasteiger partial charge on any atom is -0.403 e. The lowest BCUT2D eigenvalue weighted by atomic mass is 10.1. The molecule has 0 radical (unpaired) electrons. The minimum atomic E-state index is -0.325. The Morgan fingerprint density at radius 1 is 1.06 bits per heavy atom. The zero-order valence-electron chi connectivity index (χ0n) is 18.8. The van der Waals surface area contributed by atoms with Gasteiger partial charge < -0.3 is 27.1 Å². The molecule has 0 spiro atoms. The molecule has 10 nitrogen and oxygen atoms in total. The first-order valence-electron chi connectivity index (χ1n) is 10.8. The van der Waals surface area contributed by atoms with Crippen LogP contribution in [0, 0.1) is 0 Å². The second-order valence-corrected chi connectivity index (χ2v) is 8.01. The number of nitrogens with two attached hydrogens (primary N) is 2. The second-order valence-electron chi connectivity index (χ2n) is 8.01. The van der Waals surface area contributed by atoms with Gasteiger partial charge in [0.1, 0.15) is 11.5 Å². The topological polar surface area (TPSA) is 163 Å². The summed E-state index contributed by atoms with van der Waals surface area (Å²) in [6.07, 6.45) is 6.35. The maximum Gasteiger partial charge on any atom is 0.272 e. The van der Waals surface area contributed by atoms with E-state index < -0.39 is 0 Å². The lowest BCUT2D eigenvalue weighted by Crippen LogP contribution is -2.23. The molecule has 0 fully saturated rings. The van der Waals surface area contributed by atoms with Crippen LogP contribution in [-0.2, 0) is 0 Å². The van der Waals surface area contributed by atoms with Crippen molar-refractivity contribution in [3.05, 3.63) is 90.3 Å². The fourth-order valence-corrected chi connectivity index (χ4v) is 3.69. The predicted octanol–water partition coefficient (Wildman–Crippen LogP) is 3.64. The Balaban J connectivity index is 1.38. The Hall–Kier alpha value is -5.12. The smallest absolute Gasteiger partial charge is 0.272 e. The molecule has 0 saturated carbocycles. The molecule has 10 heteroatoms. The van der Waals surface area contributed by atoms with E-state index in [0.29, 0.717) is 28.7 Å². The largest absolute Gasteiger partial charge is 0.403 e. The highest BCUT2D eigenvalue weighted by Crippen LogP contribution is 2.25. The van der Waals surface area contributed by atoms with Crippen molar-refractivity contribution >= 4 is 39.2 Å². The summed E-state index contributed by atoms with van der Waals surface area (Å²) in [5.74, 6) is 0.890. The third kappa shape index (κ3) is 4.67. The quantitative estimate of drug-likeness (QED) is 0.208. The molecule has 0 aliphatic rings. The summed E-state index contributed by atoms with van der Waals surface area (Å²) in [5.41, 5.74) is 16.0. The Morgan fingerprint density at radius 3 is 2.77 bits per heavy atom. The first kappa shape index (κ1) is 21.7. The Kier molecular flexibility index (Phi) is 5.60. The molecule has 3 aromatic heterocycles. The molecular formula is C25H23N9O. The molecule has 0 saturated heterocycles. The lowest BCUT2D eigenvalue weighted by Gasteiger charge is -2.07. The van der Waals surface area contributed by atoms with Crippen LogP contribution in [0.3, 0.4) is 0 Å². The monoisotopic (exact) mass is 465 g/mol. The van der Waals surface area contributed by atoms with Crippen LogP contribution >= 0.6 is 0 Å².